The van der Waals surface area contributed by atoms with Gasteiger partial charge in [0.05, 0.1) is 44.8 Å². The summed E-state index contributed by atoms with van der Waals surface area (Å²) in [6.07, 6.45) is 0. The highest BCUT2D eigenvalue weighted by Gasteiger charge is 2.47. The van der Waals surface area contributed by atoms with Gasteiger partial charge in [0, 0.05) is 11.1 Å². The summed E-state index contributed by atoms with van der Waals surface area (Å²) in [6.45, 7) is 4.16. The van der Waals surface area contributed by atoms with Gasteiger partial charge < -0.3 is 19.5 Å². The van der Waals surface area contributed by atoms with Crippen molar-refractivity contribution in [1.82, 2.24) is 0 Å². The van der Waals surface area contributed by atoms with E-state index >= 15 is 0 Å². The van der Waals surface area contributed by atoms with E-state index in [-0.39, 0.29) is 5.91 Å². The molecule has 180 valence electrons. The number of ether oxygens (including phenoxy) is 3. The molecule has 2 heterocycles. The first kappa shape index (κ1) is 22.6. The largest absolute Gasteiger partial charge is 0.496 e. The fourth-order valence-electron chi connectivity index (χ4n) is 4.80. The van der Waals surface area contributed by atoms with Crippen molar-refractivity contribution in [1.29, 1.82) is 0 Å². The Labute approximate surface area is 204 Å². The number of anilines is 3. The fraction of sp³-hybridized carbons (Fsp3) is 0.259. The molecule has 8 heteroatoms. The topological polar surface area (TPSA) is 80.3 Å². The van der Waals surface area contributed by atoms with Crippen molar-refractivity contribution in [3.05, 3.63) is 65.7 Å². The highest BCUT2D eigenvalue weighted by atomic mass is 16.5. The zero-order chi connectivity index (χ0) is 24.9. The van der Waals surface area contributed by atoms with E-state index in [2.05, 4.69) is 5.32 Å². The van der Waals surface area contributed by atoms with Gasteiger partial charge in [-0.05, 0) is 55.8 Å². The van der Waals surface area contributed by atoms with Gasteiger partial charge in [0.15, 0.2) is 0 Å². The van der Waals surface area contributed by atoms with Gasteiger partial charge in [0.25, 0.3) is 5.91 Å². The van der Waals surface area contributed by atoms with Gasteiger partial charge in [-0.15, -0.1) is 0 Å². The van der Waals surface area contributed by atoms with Crippen LogP contribution >= 0.6 is 0 Å². The van der Waals surface area contributed by atoms with Gasteiger partial charge in [0.2, 0.25) is 0 Å². The molecule has 5 rings (SSSR count). The first-order chi connectivity index (χ1) is 16.8. The van der Waals surface area contributed by atoms with Crippen LogP contribution in [0.3, 0.4) is 0 Å². The second-order valence-electron chi connectivity index (χ2n) is 8.99. The molecule has 0 spiro atoms. The molecule has 0 radical (unpaired) electrons. The van der Waals surface area contributed by atoms with E-state index in [1.807, 2.05) is 55.3 Å². The third-order valence-corrected chi connectivity index (χ3v) is 6.49. The molecule has 0 unspecified atom stereocenters. The number of nitrogens with one attached hydrogen (secondary N) is 1. The van der Waals surface area contributed by atoms with Crippen molar-refractivity contribution in [2.24, 2.45) is 0 Å². The van der Waals surface area contributed by atoms with Gasteiger partial charge in [-0.2, -0.15) is 0 Å². The zero-order valence-corrected chi connectivity index (χ0v) is 20.3. The van der Waals surface area contributed by atoms with E-state index in [0.717, 1.165) is 33.8 Å². The lowest BCUT2D eigenvalue weighted by Crippen LogP contribution is -2.57. The average molecular weight is 474 g/mol. The Morgan fingerprint density at radius 2 is 1.69 bits per heavy atom. The first-order valence-corrected chi connectivity index (χ1v) is 11.3. The molecule has 1 N–H and O–H groups in total. The molecular weight excluding hydrogens is 446 g/mol. The van der Waals surface area contributed by atoms with Crippen LogP contribution in [0.2, 0.25) is 0 Å². The Balaban J connectivity index is 1.74. The number of hydrazine groups is 1. The summed E-state index contributed by atoms with van der Waals surface area (Å²) in [5.74, 6) is 0.769. The maximum absolute atomic E-state index is 13.7. The Kier molecular flexibility index (Phi) is 5.31. The summed E-state index contributed by atoms with van der Waals surface area (Å²) >= 11 is 0. The third-order valence-electron chi connectivity index (χ3n) is 6.49. The predicted molar refractivity (Wildman–Crippen MR) is 134 cm³/mol. The first-order valence-electron chi connectivity index (χ1n) is 11.3. The number of nitrogens with zero attached hydrogens (tertiary/aromatic N) is 2. The Hall–Kier alpha value is -4.20. The lowest BCUT2D eigenvalue weighted by atomic mass is 9.92. The molecule has 35 heavy (non-hydrogen) atoms. The molecule has 3 aromatic rings. The van der Waals surface area contributed by atoms with Crippen LogP contribution in [-0.2, 0) is 16.1 Å². The minimum atomic E-state index is -0.807. The summed E-state index contributed by atoms with van der Waals surface area (Å²) in [7, 11) is 4.56. The lowest BCUT2D eigenvalue weighted by Gasteiger charge is -2.41. The van der Waals surface area contributed by atoms with Crippen molar-refractivity contribution in [2.45, 2.75) is 25.9 Å². The van der Waals surface area contributed by atoms with E-state index in [1.165, 1.54) is 7.11 Å². The summed E-state index contributed by atoms with van der Waals surface area (Å²) in [5.41, 5.74) is 4.57. The smallest absolute Gasteiger partial charge is 0.337 e. The number of carbonyl (C=O) groups is 2. The molecule has 0 bridgehead atoms. The van der Waals surface area contributed by atoms with Gasteiger partial charge in [0.1, 0.15) is 22.7 Å². The fourth-order valence-corrected chi connectivity index (χ4v) is 4.80. The van der Waals surface area contributed by atoms with Gasteiger partial charge in [-0.3, -0.25) is 9.80 Å². The quantitative estimate of drug-likeness (QED) is 0.541. The molecule has 0 aliphatic carbocycles. The minimum absolute atomic E-state index is 0.0814. The van der Waals surface area contributed by atoms with Crippen molar-refractivity contribution in [3.8, 4) is 22.6 Å². The molecule has 8 nitrogen and oxygen atoms in total. The van der Waals surface area contributed by atoms with Crippen LogP contribution in [0, 0.1) is 0 Å². The maximum atomic E-state index is 13.7. The van der Waals surface area contributed by atoms with Gasteiger partial charge in [-0.1, -0.05) is 18.2 Å². The van der Waals surface area contributed by atoms with E-state index < -0.39 is 11.5 Å². The van der Waals surface area contributed by atoms with Crippen LogP contribution in [0.25, 0.3) is 11.1 Å². The SMILES string of the molecule is COC(=O)c1ccc(OC)c(-c2ccc3c4c2CN(c2ccccc2OC)N4C(=O)C(C)(C)N3)c1. The summed E-state index contributed by atoms with van der Waals surface area (Å²) in [5, 5.41) is 7.07. The minimum Gasteiger partial charge on any atom is -0.496 e. The van der Waals surface area contributed by atoms with Crippen LogP contribution in [0.1, 0.15) is 29.8 Å². The number of methoxy groups -OCH3 is 3. The molecular formula is C27H27N3O5. The van der Waals surface area contributed by atoms with Crippen LogP contribution < -0.4 is 24.8 Å². The Morgan fingerprint density at radius 3 is 2.40 bits per heavy atom. The second-order valence-corrected chi connectivity index (χ2v) is 8.99. The molecule has 2 aliphatic rings. The standard InChI is InChI=1S/C27H27N3O5/c1-27(2)26(32)30-24-19(15-29(30)21-8-6-7-9-23(21)34-4)17(11-12-20(24)28-27)18-14-16(25(31)35-5)10-13-22(18)33-3/h6-14,28H,15H2,1-5H3. The van der Waals surface area contributed by atoms with Crippen molar-refractivity contribution in [2.75, 3.05) is 36.7 Å². The van der Waals surface area contributed by atoms with E-state index in [1.54, 1.807) is 37.4 Å². The molecule has 2 aliphatic heterocycles. The van der Waals surface area contributed by atoms with E-state index in [0.29, 0.717) is 23.6 Å². The van der Waals surface area contributed by atoms with Crippen LogP contribution in [-0.4, -0.2) is 38.7 Å². The molecule has 0 saturated carbocycles. The second kappa shape index (κ2) is 8.23. The monoisotopic (exact) mass is 473 g/mol. The van der Waals surface area contributed by atoms with Crippen LogP contribution in [0.5, 0.6) is 11.5 Å². The van der Waals surface area contributed by atoms with E-state index in [9.17, 15) is 9.59 Å². The average Bonchev–Trinajstić information content (AvgIpc) is 3.27. The molecule has 1 amide bonds. The highest BCUT2D eigenvalue weighted by molar-refractivity contribution is 6.12. The van der Waals surface area contributed by atoms with Crippen molar-refractivity contribution < 1.29 is 23.8 Å². The zero-order valence-electron chi connectivity index (χ0n) is 20.3. The maximum Gasteiger partial charge on any atom is 0.337 e. The van der Waals surface area contributed by atoms with Crippen LogP contribution in [0.15, 0.2) is 54.6 Å². The van der Waals surface area contributed by atoms with Gasteiger partial charge >= 0.3 is 5.97 Å². The van der Waals surface area contributed by atoms with Crippen molar-refractivity contribution >= 4 is 28.9 Å². The number of hydrogen-bond acceptors (Lipinski definition) is 7. The third kappa shape index (κ3) is 3.44. The lowest BCUT2D eigenvalue weighted by molar-refractivity contribution is -0.122. The number of amides is 1. The van der Waals surface area contributed by atoms with Gasteiger partial charge in [-0.25, -0.2) is 9.80 Å². The molecule has 3 aromatic carbocycles. The normalized spacial score (nSPS) is 15.4. The number of rotatable bonds is 5. The summed E-state index contributed by atoms with van der Waals surface area (Å²) < 4.78 is 16.2. The van der Waals surface area contributed by atoms with Crippen molar-refractivity contribution in [3.63, 3.8) is 0 Å². The predicted octanol–water partition coefficient (Wildman–Crippen LogP) is 4.63. The Morgan fingerprint density at radius 1 is 0.943 bits per heavy atom. The van der Waals surface area contributed by atoms with Crippen LogP contribution in [0.4, 0.5) is 17.1 Å². The molecule has 0 aromatic heterocycles. The number of carbonyl (C=O) groups excluding carboxylic acids is 2. The summed E-state index contributed by atoms with van der Waals surface area (Å²) in [6, 6.07) is 16.8. The molecule has 0 saturated heterocycles. The number of para-hydroxylation sites is 2. The molecule has 0 atom stereocenters. The number of hydrogen-bond donors (Lipinski definition) is 1. The molecule has 0 fully saturated rings. The number of esters is 1. The Bertz CT molecular complexity index is 1350. The summed E-state index contributed by atoms with van der Waals surface area (Å²) in [4.78, 5) is 26.0. The highest BCUT2D eigenvalue weighted by Crippen LogP contribution is 2.51. The van der Waals surface area contributed by atoms with E-state index in [4.69, 9.17) is 14.2 Å². The number of benzene rings is 3.